The van der Waals surface area contributed by atoms with Crippen molar-refractivity contribution in [1.82, 2.24) is 5.32 Å². The van der Waals surface area contributed by atoms with Crippen LogP contribution in [0.25, 0.3) is 0 Å². The van der Waals surface area contributed by atoms with Gasteiger partial charge in [0.1, 0.15) is 0 Å². The summed E-state index contributed by atoms with van der Waals surface area (Å²) in [6, 6.07) is 0. The minimum atomic E-state index is 0.320. The summed E-state index contributed by atoms with van der Waals surface area (Å²) in [5, 5.41) is 11.9. The SMILES string of the molecule is C=CCCCCCNCCCCO. The van der Waals surface area contributed by atoms with E-state index in [-0.39, 0.29) is 0 Å². The second kappa shape index (κ2) is 11.7. The van der Waals surface area contributed by atoms with Gasteiger partial charge in [-0.3, -0.25) is 0 Å². The number of unbranched alkanes of at least 4 members (excludes halogenated alkanes) is 4. The molecule has 0 fully saturated rings. The lowest BCUT2D eigenvalue weighted by atomic mass is 10.2. The minimum Gasteiger partial charge on any atom is -0.396 e. The molecule has 0 aromatic heterocycles. The molecule has 0 saturated heterocycles. The van der Waals surface area contributed by atoms with E-state index >= 15 is 0 Å². The summed E-state index contributed by atoms with van der Waals surface area (Å²) < 4.78 is 0. The largest absolute Gasteiger partial charge is 0.396 e. The number of hydrogen-bond donors (Lipinski definition) is 2. The zero-order valence-electron chi connectivity index (χ0n) is 8.60. The quantitative estimate of drug-likeness (QED) is 0.403. The molecule has 0 atom stereocenters. The summed E-state index contributed by atoms with van der Waals surface area (Å²) in [6.45, 7) is 6.17. The van der Waals surface area contributed by atoms with Crippen LogP contribution in [0.5, 0.6) is 0 Å². The summed E-state index contributed by atoms with van der Waals surface area (Å²) in [7, 11) is 0. The van der Waals surface area contributed by atoms with Crippen molar-refractivity contribution in [2.75, 3.05) is 19.7 Å². The second-order valence-electron chi connectivity index (χ2n) is 3.32. The monoisotopic (exact) mass is 185 g/mol. The molecule has 2 nitrogen and oxygen atoms in total. The summed E-state index contributed by atoms with van der Waals surface area (Å²) in [4.78, 5) is 0. The highest BCUT2D eigenvalue weighted by Gasteiger charge is 1.89. The van der Waals surface area contributed by atoms with E-state index in [2.05, 4.69) is 11.9 Å². The molecular formula is C11H23NO. The maximum atomic E-state index is 8.53. The Labute approximate surface area is 82.0 Å². The molecule has 2 heteroatoms. The first-order chi connectivity index (χ1) is 6.41. The van der Waals surface area contributed by atoms with E-state index in [1.165, 1.54) is 19.3 Å². The number of aliphatic hydroxyl groups excluding tert-OH is 1. The van der Waals surface area contributed by atoms with Crippen LogP contribution in [0.1, 0.15) is 38.5 Å². The molecule has 0 aliphatic rings. The molecular weight excluding hydrogens is 162 g/mol. The van der Waals surface area contributed by atoms with E-state index in [0.717, 1.165) is 32.4 Å². The van der Waals surface area contributed by atoms with Crippen LogP contribution >= 0.6 is 0 Å². The van der Waals surface area contributed by atoms with Gasteiger partial charge in [-0.25, -0.2) is 0 Å². The normalized spacial score (nSPS) is 10.2. The van der Waals surface area contributed by atoms with Crippen LogP contribution in [0.15, 0.2) is 12.7 Å². The summed E-state index contributed by atoms with van der Waals surface area (Å²) in [6.07, 6.45) is 8.94. The lowest BCUT2D eigenvalue weighted by molar-refractivity contribution is 0.283. The molecule has 0 aliphatic carbocycles. The van der Waals surface area contributed by atoms with Gasteiger partial charge in [0.05, 0.1) is 0 Å². The number of allylic oxidation sites excluding steroid dienone is 1. The maximum absolute atomic E-state index is 8.53. The highest BCUT2D eigenvalue weighted by atomic mass is 16.2. The highest BCUT2D eigenvalue weighted by molar-refractivity contribution is 4.65. The molecule has 0 saturated carbocycles. The molecule has 0 aromatic carbocycles. The van der Waals surface area contributed by atoms with Crippen molar-refractivity contribution in [3.63, 3.8) is 0 Å². The molecule has 0 heterocycles. The predicted molar refractivity (Wildman–Crippen MR) is 57.9 cm³/mol. The maximum Gasteiger partial charge on any atom is 0.0431 e. The number of nitrogens with one attached hydrogen (secondary N) is 1. The van der Waals surface area contributed by atoms with E-state index in [1.807, 2.05) is 6.08 Å². The summed E-state index contributed by atoms with van der Waals surface area (Å²) >= 11 is 0. The van der Waals surface area contributed by atoms with Crippen molar-refractivity contribution in [2.24, 2.45) is 0 Å². The lowest BCUT2D eigenvalue weighted by Crippen LogP contribution is -2.16. The molecule has 0 aromatic rings. The summed E-state index contributed by atoms with van der Waals surface area (Å²) in [5.74, 6) is 0. The highest BCUT2D eigenvalue weighted by Crippen LogP contribution is 1.98. The van der Waals surface area contributed by atoms with Gasteiger partial charge in [-0.2, -0.15) is 0 Å². The van der Waals surface area contributed by atoms with Crippen LogP contribution in [-0.2, 0) is 0 Å². The Morgan fingerprint density at radius 3 is 2.31 bits per heavy atom. The molecule has 2 N–H and O–H groups in total. The molecule has 0 unspecified atom stereocenters. The van der Waals surface area contributed by atoms with Crippen molar-refractivity contribution < 1.29 is 5.11 Å². The van der Waals surface area contributed by atoms with Crippen molar-refractivity contribution in [3.8, 4) is 0 Å². The molecule has 0 bridgehead atoms. The number of hydrogen-bond acceptors (Lipinski definition) is 2. The Morgan fingerprint density at radius 2 is 1.69 bits per heavy atom. The fourth-order valence-electron chi connectivity index (χ4n) is 1.20. The number of rotatable bonds is 10. The van der Waals surface area contributed by atoms with Gasteiger partial charge in [0, 0.05) is 6.61 Å². The topological polar surface area (TPSA) is 32.3 Å². The Balaban J connectivity index is 2.79. The van der Waals surface area contributed by atoms with Gasteiger partial charge in [-0.15, -0.1) is 6.58 Å². The third-order valence-electron chi connectivity index (χ3n) is 2.02. The van der Waals surface area contributed by atoms with Crippen LogP contribution in [0, 0.1) is 0 Å². The van der Waals surface area contributed by atoms with Gasteiger partial charge >= 0.3 is 0 Å². The molecule has 0 spiro atoms. The van der Waals surface area contributed by atoms with Gasteiger partial charge in [0.2, 0.25) is 0 Å². The van der Waals surface area contributed by atoms with Gasteiger partial charge in [-0.1, -0.05) is 12.5 Å². The van der Waals surface area contributed by atoms with Crippen LogP contribution < -0.4 is 5.32 Å². The van der Waals surface area contributed by atoms with Crippen molar-refractivity contribution in [1.29, 1.82) is 0 Å². The Kier molecular flexibility index (Phi) is 11.4. The van der Waals surface area contributed by atoms with E-state index in [1.54, 1.807) is 0 Å². The summed E-state index contributed by atoms with van der Waals surface area (Å²) in [5.41, 5.74) is 0. The molecule has 0 amide bonds. The zero-order chi connectivity index (χ0) is 9.78. The molecule has 13 heavy (non-hydrogen) atoms. The van der Waals surface area contributed by atoms with E-state index in [4.69, 9.17) is 5.11 Å². The smallest absolute Gasteiger partial charge is 0.0431 e. The predicted octanol–water partition coefficient (Wildman–Crippen LogP) is 2.09. The minimum absolute atomic E-state index is 0.320. The fraction of sp³-hybridized carbons (Fsp3) is 0.818. The Bertz CT molecular complexity index is 104. The number of aliphatic hydroxyl groups is 1. The van der Waals surface area contributed by atoms with Gasteiger partial charge < -0.3 is 10.4 Å². The molecule has 0 aliphatic heterocycles. The molecule has 78 valence electrons. The van der Waals surface area contributed by atoms with Crippen molar-refractivity contribution in [2.45, 2.75) is 38.5 Å². The van der Waals surface area contributed by atoms with Crippen LogP contribution in [0.3, 0.4) is 0 Å². The van der Waals surface area contributed by atoms with E-state index in [0.29, 0.717) is 6.61 Å². The standard InChI is InChI=1S/C11H23NO/c1-2-3-4-5-6-9-12-10-7-8-11-13/h2,12-13H,1,3-11H2. The average molecular weight is 185 g/mol. The van der Waals surface area contributed by atoms with Gasteiger partial charge in [0.15, 0.2) is 0 Å². The van der Waals surface area contributed by atoms with Crippen LogP contribution in [-0.4, -0.2) is 24.8 Å². The van der Waals surface area contributed by atoms with Gasteiger partial charge in [-0.05, 0) is 45.2 Å². The average Bonchev–Trinajstić information content (AvgIpc) is 2.16. The van der Waals surface area contributed by atoms with E-state index in [9.17, 15) is 0 Å². The van der Waals surface area contributed by atoms with E-state index < -0.39 is 0 Å². The first-order valence-corrected chi connectivity index (χ1v) is 5.34. The third kappa shape index (κ3) is 11.7. The Hall–Kier alpha value is -0.340. The third-order valence-corrected chi connectivity index (χ3v) is 2.02. The first-order valence-electron chi connectivity index (χ1n) is 5.34. The molecule has 0 radical (unpaired) electrons. The van der Waals surface area contributed by atoms with Gasteiger partial charge in [0.25, 0.3) is 0 Å². The van der Waals surface area contributed by atoms with Crippen molar-refractivity contribution in [3.05, 3.63) is 12.7 Å². The second-order valence-corrected chi connectivity index (χ2v) is 3.32. The molecule has 0 rings (SSSR count). The van der Waals surface area contributed by atoms with Crippen LogP contribution in [0.4, 0.5) is 0 Å². The Morgan fingerprint density at radius 1 is 1.00 bits per heavy atom. The first kappa shape index (κ1) is 12.7. The van der Waals surface area contributed by atoms with Crippen molar-refractivity contribution >= 4 is 0 Å². The van der Waals surface area contributed by atoms with Crippen LogP contribution in [0.2, 0.25) is 0 Å². The lowest BCUT2D eigenvalue weighted by Gasteiger charge is -2.02. The zero-order valence-corrected chi connectivity index (χ0v) is 8.60. The fourth-order valence-corrected chi connectivity index (χ4v) is 1.20.